The number of aryl methyl sites for hydroxylation is 1. The van der Waals surface area contributed by atoms with Crippen molar-refractivity contribution in [3.63, 3.8) is 0 Å². The van der Waals surface area contributed by atoms with Crippen LogP contribution < -0.4 is 4.72 Å². The Labute approximate surface area is 176 Å². The first-order valence-corrected chi connectivity index (χ1v) is 11.7. The molecular weight excluding hydrogens is 408 g/mol. The van der Waals surface area contributed by atoms with Gasteiger partial charge in [0.1, 0.15) is 0 Å². The summed E-state index contributed by atoms with van der Waals surface area (Å²) in [4.78, 5) is 20.7. The van der Waals surface area contributed by atoms with Crippen LogP contribution in [0.3, 0.4) is 0 Å². The summed E-state index contributed by atoms with van der Waals surface area (Å²) >= 11 is 0. The minimum atomic E-state index is -3.52. The topological polar surface area (TPSA) is 127 Å². The Morgan fingerprint density at radius 2 is 1.87 bits per heavy atom. The molecule has 0 spiro atoms. The first-order valence-electron chi connectivity index (χ1n) is 10.1. The van der Waals surface area contributed by atoms with Gasteiger partial charge in [0.05, 0.1) is 10.7 Å². The second kappa shape index (κ2) is 11.5. The maximum atomic E-state index is 12.5. The number of nitro groups is 1. The van der Waals surface area contributed by atoms with Crippen LogP contribution in [-0.2, 0) is 21.2 Å². The van der Waals surface area contributed by atoms with E-state index in [-0.39, 0.29) is 24.3 Å². The van der Waals surface area contributed by atoms with E-state index in [2.05, 4.69) is 4.72 Å². The van der Waals surface area contributed by atoms with E-state index >= 15 is 0 Å². The van der Waals surface area contributed by atoms with Crippen molar-refractivity contribution < 1.29 is 23.2 Å². The molecule has 30 heavy (non-hydrogen) atoms. The minimum absolute atomic E-state index is 0.0206. The van der Waals surface area contributed by atoms with E-state index in [4.69, 9.17) is 5.11 Å². The lowest BCUT2D eigenvalue weighted by atomic mass is 9.94. The molecule has 0 aliphatic heterocycles. The van der Waals surface area contributed by atoms with Gasteiger partial charge in [-0.2, -0.15) is 0 Å². The van der Waals surface area contributed by atoms with Crippen LogP contribution in [-0.4, -0.2) is 30.2 Å². The van der Waals surface area contributed by atoms with Crippen LogP contribution in [0.2, 0.25) is 0 Å². The van der Waals surface area contributed by atoms with E-state index < -0.39 is 20.9 Å². The Balaban J connectivity index is 1.91. The van der Waals surface area contributed by atoms with Crippen LogP contribution in [0.25, 0.3) is 0 Å². The Morgan fingerprint density at radius 1 is 1.17 bits per heavy atom. The van der Waals surface area contributed by atoms with Crippen LogP contribution in [0.15, 0.2) is 47.7 Å². The molecule has 0 unspecified atom stereocenters. The van der Waals surface area contributed by atoms with Gasteiger partial charge in [0, 0.05) is 24.3 Å². The molecule has 1 aromatic rings. The molecule has 1 aliphatic carbocycles. The number of allylic oxidation sites excluding steroid dienone is 4. The van der Waals surface area contributed by atoms with Crippen molar-refractivity contribution in [2.24, 2.45) is 0 Å². The summed E-state index contributed by atoms with van der Waals surface area (Å²) in [6.45, 7) is 0. The van der Waals surface area contributed by atoms with E-state index in [1.807, 2.05) is 12.2 Å². The van der Waals surface area contributed by atoms with Crippen LogP contribution in [0.1, 0.15) is 56.9 Å². The lowest BCUT2D eigenvalue weighted by Crippen LogP contribution is -2.28. The number of nitro benzene ring substituents is 1. The second-order valence-corrected chi connectivity index (χ2v) is 9.19. The van der Waals surface area contributed by atoms with Crippen LogP contribution in [0.5, 0.6) is 0 Å². The Bertz CT molecular complexity index is 904. The highest BCUT2D eigenvalue weighted by atomic mass is 32.2. The molecular formula is C21H28N2O6S. The number of hydrogen-bond acceptors (Lipinski definition) is 5. The highest BCUT2D eigenvalue weighted by Gasteiger charge is 2.18. The van der Waals surface area contributed by atoms with Gasteiger partial charge in [-0.15, -0.1) is 0 Å². The maximum absolute atomic E-state index is 12.5. The normalized spacial score (nSPS) is 14.8. The number of benzene rings is 1. The zero-order valence-corrected chi connectivity index (χ0v) is 17.7. The quantitative estimate of drug-likeness (QED) is 0.220. The number of carbonyl (C=O) groups is 1. The molecule has 8 nitrogen and oxygen atoms in total. The van der Waals surface area contributed by atoms with Gasteiger partial charge in [-0.05, 0) is 62.5 Å². The molecule has 2 rings (SSSR count). The largest absolute Gasteiger partial charge is 0.481 e. The molecule has 0 fully saturated rings. The summed E-state index contributed by atoms with van der Waals surface area (Å²) in [5.41, 5.74) is 2.55. The van der Waals surface area contributed by atoms with Crippen molar-refractivity contribution >= 4 is 21.7 Å². The number of non-ortho nitro benzene ring substituents is 1. The zero-order chi connectivity index (χ0) is 22.0. The smallest absolute Gasteiger partial charge is 0.303 e. The fraction of sp³-hybridized carbons (Fsp3) is 0.476. The minimum Gasteiger partial charge on any atom is -0.481 e. The number of aliphatic carboxylic acids is 1. The fourth-order valence-electron chi connectivity index (χ4n) is 3.31. The number of hydrogen-bond donors (Lipinski definition) is 2. The van der Waals surface area contributed by atoms with Gasteiger partial charge >= 0.3 is 5.97 Å². The van der Waals surface area contributed by atoms with Gasteiger partial charge in [-0.3, -0.25) is 19.6 Å². The van der Waals surface area contributed by atoms with E-state index in [1.165, 1.54) is 12.1 Å². The van der Waals surface area contributed by atoms with Gasteiger partial charge < -0.3 is 5.11 Å². The molecule has 0 saturated carbocycles. The van der Waals surface area contributed by atoms with Crippen molar-refractivity contribution in [2.45, 2.75) is 57.8 Å². The van der Waals surface area contributed by atoms with Gasteiger partial charge in [0.25, 0.3) is 5.69 Å². The van der Waals surface area contributed by atoms with Crippen molar-refractivity contribution in [3.8, 4) is 0 Å². The molecule has 9 heteroatoms. The van der Waals surface area contributed by atoms with Gasteiger partial charge in [-0.1, -0.05) is 24.3 Å². The molecule has 1 aliphatic rings. The van der Waals surface area contributed by atoms with Crippen LogP contribution >= 0.6 is 0 Å². The van der Waals surface area contributed by atoms with Gasteiger partial charge in [0.2, 0.25) is 10.0 Å². The van der Waals surface area contributed by atoms with Crippen molar-refractivity contribution in [1.82, 2.24) is 4.72 Å². The number of rotatable bonds is 12. The third kappa shape index (κ3) is 8.36. The zero-order valence-electron chi connectivity index (χ0n) is 16.9. The Morgan fingerprint density at radius 3 is 2.53 bits per heavy atom. The summed E-state index contributed by atoms with van der Waals surface area (Å²) in [6.07, 6.45) is 9.79. The summed E-state index contributed by atoms with van der Waals surface area (Å²) in [5.74, 6) is -0.893. The average Bonchev–Trinajstić information content (AvgIpc) is 2.70. The van der Waals surface area contributed by atoms with E-state index in [9.17, 15) is 23.3 Å². The number of carboxylic acid groups (broad SMARTS) is 1. The summed E-state index contributed by atoms with van der Waals surface area (Å²) < 4.78 is 27.8. The number of sulfonamides is 1. The number of unbranched alkanes of at least 4 members (excludes halogenated alkanes) is 1. The maximum Gasteiger partial charge on any atom is 0.303 e. The average molecular weight is 437 g/mol. The van der Waals surface area contributed by atoms with Gasteiger partial charge in [0.15, 0.2) is 0 Å². The van der Waals surface area contributed by atoms with Crippen LogP contribution in [0.4, 0.5) is 5.69 Å². The standard InChI is InChI=1S/C21H28N2O6S/c24-21(25)10-4-2-1-3-7-18-8-5-6-9-20(18)22-30(28,29)16-15-17-11-13-19(14-12-17)23(26)27/h1,3,11-14,22H,2,4-10,15-16H2,(H,24,25). The van der Waals surface area contributed by atoms with Crippen molar-refractivity contribution in [2.75, 3.05) is 5.75 Å². The molecule has 164 valence electrons. The SMILES string of the molecule is O=C(O)CCCC=CCC1=C(NS(=O)(=O)CCc2ccc([N+](=O)[O-])cc2)CCCC1. The third-order valence-corrected chi connectivity index (χ3v) is 6.26. The molecule has 1 aromatic carbocycles. The second-order valence-electron chi connectivity index (χ2n) is 7.35. The molecule has 0 radical (unpaired) electrons. The van der Waals surface area contributed by atoms with Crippen molar-refractivity contribution in [3.05, 3.63) is 63.4 Å². The number of carboxylic acids is 1. The van der Waals surface area contributed by atoms with E-state index in [1.54, 1.807) is 12.1 Å². The van der Waals surface area contributed by atoms with E-state index in [0.29, 0.717) is 25.7 Å². The number of nitrogens with one attached hydrogen (secondary N) is 1. The Hall–Kier alpha value is -2.68. The van der Waals surface area contributed by atoms with E-state index in [0.717, 1.165) is 36.1 Å². The van der Waals surface area contributed by atoms with Gasteiger partial charge in [-0.25, -0.2) is 8.42 Å². The third-order valence-electron chi connectivity index (χ3n) is 4.96. The monoisotopic (exact) mass is 436 g/mol. The predicted molar refractivity (Wildman–Crippen MR) is 114 cm³/mol. The summed E-state index contributed by atoms with van der Waals surface area (Å²) in [7, 11) is -3.52. The lowest BCUT2D eigenvalue weighted by Gasteiger charge is -2.21. The molecule has 2 N–H and O–H groups in total. The molecule has 0 bridgehead atoms. The molecule has 0 aromatic heterocycles. The molecule has 0 atom stereocenters. The van der Waals surface area contributed by atoms with Crippen LogP contribution in [0, 0.1) is 10.1 Å². The summed E-state index contributed by atoms with van der Waals surface area (Å²) in [5, 5.41) is 19.3. The highest BCUT2D eigenvalue weighted by Crippen LogP contribution is 2.26. The first-order chi connectivity index (χ1) is 14.3. The molecule has 0 amide bonds. The van der Waals surface area contributed by atoms with Crippen molar-refractivity contribution in [1.29, 1.82) is 0 Å². The molecule has 0 saturated heterocycles. The fourth-order valence-corrected chi connectivity index (χ4v) is 4.53. The highest BCUT2D eigenvalue weighted by molar-refractivity contribution is 7.89. The summed E-state index contributed by atoms with van der Waals surface area (Å²) in [6, 6.07) is 5.90. The predicted octanol–water partition coefficient (Wildman–Crippen LogP) is 4.09. The number of nitrogens with zero attached hydrogens (tertiary/aromatic N) is 1. The first kappa shape index (κ1) is 23.6. The Kier molecular flexibility index (Phi) is 9.04. The lowest BCUT2D eigenvalue weighted by molar-refractivity contribution is -0.384. The molecule has 0 heterocycles.